The summed E-state index contributed by atoms with van der Waals surface area (Å²) in [6.07, 6.45) is 4.22. The van der Waals surface area contributed by atoms with Crippen molar-refractivity contribution in [2.45, 2.75) is 6.92 Å². The number of amides is 1. The van der Waals surface area contributed by atoms with Crippen LogP contribution in [0.5, 0.6) is 0 Å². The summed E-state index contributed by atoms with van der Waals surface area (Å²) in [5, 5.41) is 3.41. The Hall–Kier alpha value is -3.38. The van der Waals surface area contributed by atoms with Crippen molar-refractivity contribution in [2.75, 3.05) is 36.5 Å². The molecular weight excluding hydrogens is 368 g/mol. The van der Waals surface area contributed by atoms with Gasteiger partial charge in [0.25, 0.3) is 0 Å². The van der Waals surface area contributed by atoms with E-state index in [1.54, 1.807) is 12.1 Å². The van der Waals surface area contributed by atoms with Crippen LogP contribution in [0.15, 0.2) is 64.0 Å². The average molecular weight is 390 g/mol. The summed E-state index contributed by atoms with van der Waals surface area (Å²) >= 11 is 0. The van der Waals surface area contributed by atoms with Gasteiger partial charge in [-0.3, -0.25) is 9.59 Å². The Morgan fingerprint density at radius 3 is 2.76 bits per heavy atom. The molecule has 6 heteroatoms. The molecule has 4 rings (SSSR count). The highest BCUT2D eigenvalue weighted by Gasteiger charge is 2.15. The molecule has 1 fully saturated rings. The maximum absolute atomic E-state index is 12.7. The van der Waals surface area contributed by atoms with Crippen LogP contribution in [0.3, 0.4) is 0 Å². The van der Waals surface area contributed by atoms with E-state index < -0.39 is 0 Å². The Labute approximate surface area is 168 Å². The second-order valence-electron chi connectivity index (χ2n) is 6.96. The molecule has 1 saturated heterocycles. The summed E-state index contributed by atoms with van der Waals surface area (Å²) in [7, 11) is 0. The molecule has 0 atom stereocenters. The highest BCUT2D eigenvalue weighted by molar-refractivity contribution is 6.04. The fourth-order valence-electron chi connectivity index (χ4n) is 3.37. The van der Waals surface area contributed by atoms with Gasteiger partial charge in [-0.15, -0.1) is 0 Å². The number of ether oxygens (including phenoxy) is 1. The zero-order valence-corrected chi connectivity index (χ0v) is 16.2. The van der Waals surface area contributed by atoms with E-state index >= 15 is 0 Å². The van der Waals surface area contributed by atoms with E-state index in [0.29, 0.717) is 29.7 Å². The molecule has 29 heavy (non-hydrogen) atoms. The van der Waals surface area contributed by atoms with Gasteiger partial charge >= 0.3 is 0 Å². The summed E-state index contributed by atoms with van der Waals surface area (Å²) in [6, 6.07) is 13.1. The molecule has 0 unspecified atom stereocenters. The van der Waals surface area contributed by atoms with Gasteiger partial charge in [0.1, 0.15) is 11.8 Å². The zero-order chi connectivity index (χ0) is 20.2. The third-order valence-electron chi connectivity index (χ3n) is 4.88. The number of fused-ring (bicyclic) bond motifs is 1. The van der Waals surface area contributed by atoms with Crippen LogP contribution in [-0.2, 0) is 9.53 Å². The minimum atomic E-state index is -0.311. The van der Waals surface area contributed by atoms with E-state index in [1.165, 1.54) is 18.4 Å². The minimum absolute atomic E-state index is 0.160. The van der Waals surface area contributed by atoms with Crippen LogP contribution < -0.4 is 15.6 Å². The van der Waals surface area contributed by atoms with E-state index in [0.717, 1.165) is 30.0 Å². The molecule has 6 nitrogen and oxygen atoms in total. The van der Waals surface area contributed by atoms with Crippen molar-refractivity contribution in [2.24, 2.45) is 0 Å². The first kappa shape index (κ1) is 19.0. The molecule has 1 aliphatic rings. The van der Waals surface area contributed by atoms with Crippen molar-refractivity contribution in [3.8, 4) is 0 Å². The molecular formula is C23H22N2O4. The summed E-state index contributed by atoms with van der Waals surface area (Å²) in [4.78, 5) is 27.3. The normalized spacial score (nSPS) is 14.4. The van der Waals surface area contributed by atoms with Crippen molar-refractivity contribution in [3.05, 3.63) is 76.2 Å². The first-order chi connectivity index (χ1) is 14.1. The second-order valence-corrected chi connectivity index (χ2v) is 6.96. The monoisotopic (exact) mass is 390 g/mol. The van der Waals surface area contributed by atoms with Crippen LogP contribution in [0.4, 0.5) is 11.4 Å². The standard InChI is InChI=1S/C23H22N2O4/c1-16-6-8-21-18(14-16)23(27)17(15-29-21)7-9-22(26)24-19-4-2-3-5-20(19)25-10-12-28-13-11-25/h2-9,14-15H,10-13H2,1H3,(H,24,26)/b9-7+. The lowest BCUT2D eigenvalue weighted by Crippen LogP contribution is -2.36. The fraction of sp³-hybridized carbons (Fsp3) is 0.217. The first-order valence-corrected chi connectivity index (χ1v) is 9.55. The van der Waals surface area contributed by atoms with Crippen molar-refractivity contribution in [3.63, 3.8) is 0 Å². The largest absolute Gasteiger partial charge is 0.463 e. The third-order valence-corrected chi connectivity index (χ3v) is 4.88. The topological polar surface area (TPSA) is 71.8 Å². The van der Waals surface area contributed by atoms with E-state index in [4.69, 9.17) is 9.15 Å². The van der Waals surface area contributed by atoms with Crippen LogP contribution >= 0.6 is 0 Å². The lowest BCUT2D eigenvalue weighted by molar-refractivity contribution is -0.111. The Balaban J connectivity index is 1.53. The molecule has 1 N–H and O–H groups in total. The number of aryl methyl sites for hydroxylation is 1. The average Bonchev–Trinajstić information content (AvgIpc) is 2.75. The molecule has 0 spiro atoms. The maximum atomic E-state index is 12.7. The molecule has 2 heterocycles. The van der Waals surface area contributed by atoms with Gasteiger partial charge in [-0.25, -0.2) is 0 Å². The van der Waals surface area contributed by atoms with Crippen molar-refractivity contribution >= 4 is 34.3 Å². The van der Waals surface area contributed by atoms with Gasteiger partial charge in [0.05, 0.1) is 35.5 Å². The predicted molar refractivity (Wildman–Crippen MR) is 114 cm³/mol. The van der Waals surface area contributed by atoms with Crippen molar-refractivity contribution in [1.82, 2.24) is 0 Å². The molecule has 0 radical (unpaired) electrons. The lowest BCUT2D eigenvalue weighted by atomic mass is 10.1. The third kappa shape index (κ3) is 4.22. The SMILES string of the molecule is Cc1ccc2occ(/C=C/C(=O)Nc3ccccc3N3CCOCC3)c(=O)c2c1. The van der Waals surface area contributed by atoms with Gasteiger partial charge in [0, 0.05) is 19.2 Å². The van der Waals surface area contributed by atoms with Crippen LogP contribution in [0.2, 0.25) is 0 Å². The summed E-state index contributed by atoms with van der Waals surface area (Å²) in [5.41, 5.74) is 3.36. The zero-order valence-electron chi connectivity index (χ0n) is 16.2. The number of anilines is 2. The van der Waals surface area contributed by atoms with Gasteiger partial charge in [0.2, 0.25) is 5.91 Å². The molecule has 3 aromatic rings. The van der Waals surface area contributed by atoms with Gasteiger partial charge < -0.3 is 19.4 Å². The van der Waals surface area contributed by atoms with E-state index in [2.05, 4.69) is 10.2 Å². The number of nitrogens with zero attached hydrogens (tertiary/aromatic N) is 1. The van der Waals surface area contributed by atoms with E-state index in [-0.39, 0.29) is 11.3 Å². The number of hydrogen-bond acceptors (Lipinski definition) is 5. The molecule has 1 amide bonds. The predicted octanol–water partition coefficient (Wildman–Crippen LogP) is 3.59. The summed E-state index contributed by atoms with van der Waals surface area (Å²) in [6.45, 7) is 4.81. The number of nitrogens with one attached hydrogen (secondary N) is 1. The minimum Gasteiger partial charge on any atom is -0.463 e. The van der Waals surface area contributed by atoms with Gasteiger partial charge in [-0.1, -0.05) is 23.8 Å². The maximum Gasteiger partial charge on any atom is 0.248 e. The molecule has 148 valence electrons. The van der Waals surface area contributed by atoms with Crippen LogP contribution in [-0.4, -0.2) is 32.2 Å². The smallest absolute Gasteiger partial charge is 0.248 e. The summed E-state index contributed by atoms with van der Waals surface area (Å²) < 4.78 is 10.9. The van der Waals surface area contributed by atoms with Crippen LogP contribution in [0, 0.1) is 6.92 Å². The summed E-state index contributed by atoms with van der Waals surface area (Å²) in [5.74, 6) is -0.311. The molecule has 0 bridgehead atoms. The lowest BCUT2D eigenvalue weighted by Gasteiger charge is -2.30. The van der Waals surface area contributed by atoms with Gasteiger partial charge in [-0.05, 0) is 37.3 Å². The molecule has 0 aliphatic carbocycles. The quantitative estimate of drug-likeness (QED) is 0.690. The molecule has 1 aliphatic heterocycles. The van der Waals surface area contributed by atoms with Crippen LogP contribution in [0.25, 0.3) is 17.0 Å². The number of benzene rings is 2. The molecule has 2 aromatic carbocycles. The number of morpholine rings is 1. The highest BCUT2D eigenvalue weighted by atomic mass is 16.5. The molecule has 1 aromatic heterocycles. The Kier molecular flexibility index (Phi) is 5.44. The number of rotatable bonds is 4. The number of carbonyl (C=O) groups is 1. The van der Waals surface area contributed by atoms with Gasteiger partial charge in [-0.2, -0.15) is 0 Å². The van der Waals surface area contributed by atoms with Crippen molar-refractivity contribution < 1.29 is 13.9 Å². The number of hydrogen-bond donors (Lipinski definition) is 1. The number of para-hydroxylation sites is 2. The van der Waals surface area contributed by atoms with Crippen molar-refractivity contribution in [1.29, 1.82) is 0 Å². The second kappa shape index (κ2) is 8.32. The van der Waals surface area contributed by atoms with Crippen LogP contribution in [0.1, 0.15) is 11.1 Å². The Morgan fingerprint density at radius 1 is 1.14 bits per heavy atom. The number of carbonyl (C=O) groups excluding carboxylic acids is 1. The highest BCUT2D eigenvalue weighted by Crippen LogP contribution is 2.26. The Morgan fingerprint density at radius 2 is 1.93 bits per heavy atom. The molecule has 0 saturated carbocycles. The first-order valence-electron chi connectivity index (χ1n) is 9.55. The Bertz CT molecular complexity index is 1130. The van der Waals surface area contributed by atoms with Gasteiger partial charge in [0.15, 0.2) is 5.43 Å². The van der Waals surface area contributed by atoms with E-state index in [1.807, 2.05) is 37.3 Å². The van der Waals surface area contributed by atoms with E-state index in [9.17, 15) is 9.59 Å². The fourth-order valence-corrected chi connectivity index (χ4v) is 3.37.